The van der Waals surface area contributed by atoms with Crippen LogP contribution in [-0.4, -0.2) is 37.0 Å². The van der Waals surface area contributed by atoms with Gasteiger partial charge in [0.05, 0.1) is 49.3 Å². The highest BCUT2D eigenvalue weighted by Gasteiger charge is 2.37. The van der Waals surface area contributed by atoms with Gasteiger partial charge in [-0.25, -0.2) is 0 Å². The van der Waals surface area contributed by atoms with Gasteiger partial charge in [-0.05, 0) is 49.7 Å². The molecule has 0 aliphatic carbocycles. The van der Waals surface area contributed by atoms with E-state index in [1.54, 1.807) is 11.1 Å². The van der Waals surface area contributed by atoms with E-state index in [9.17, 15) is 0 Å². The van der Waals surface area contributed by atoms with Crippen LogP contribution in [0.1, 0.15) is 130 Å². The fourth-order valence-electron chi connectivity index (χ4n) is 5.63. The van der Waals surface area contributed by atoms with Crippen LogP contribution >= 0.6 is 14.5 Å². The van der Waals surface area contributed by atoms with E-state index < -0.39 is 14.5 Å². The second-order valence-corrected chi connectivity index (χ2v) is 20.0. The van der Waals surface area contributed by atoms with Gasteiger partial charge in [0.15, 0.2) is 0 Å². The molecule has 0 atom stereocenters. The molecule has 0 radical (unpaired) electrons. The Kier molecular flexibility index (Phi) is 18.2. The molecule has 0 aliphatic rings. The molecular weight excluding hydrogens is 446 g/mol. The normalized spacial score (nSPS) is 12.4. The summed E-state index contributed by atoms with van der Waals surface area (Å²) in [7, 11) is -1.72. The van der Waals surface area contributed by atoms with E-state index in [0.29, 0.717) is 0 Å². The van der Waals surface area contributed by atoms with Gasteiger partial charge in [-0.15, -0.1) is 0 Å². The maximum absolute atomic E-state index is 2.56. The van der Waals surface area contributed by atoms with E-state index >= 15 is 0 Å². The molecule has 0 fully saturated rings. The van der Waals surface area contributed by atoms with E-state index in [0.717, 1.165) is 0 Å². The number of hydrogen-bond donors (Lipinski definition) is 0. The first kappa shape index (κ1) is 32.1. The molecule has 0 spiro atoms. The summed E-state index contributed by atoms with van der Waals surface area (Å²) in [6.45, 7) is 14.3. The van der Waals surface area contributed by atoms with E-state index in [1.165, 1.54) is 126 Å². The van der Waals surface area contributed by atoms with Crippen molar-refractivity contribution in [2.24, 2.45) is 0 Å². The van der Waals surface area contributed by atoms with Gasteiger partial charge in [-0.3, -0.25) is 0 Å². The van der Waals surface area contributed by atoms with Gasteiger partial charge in [0.25, 0.3) is 0 Å². The van der Waals surface area contributed by atoms with Crippen LogP contribution in [0.15, 0.2) is 24.3 Å². The van der Waals surface area contributed by atoms with E-state index in [2.05, 4.69) is 65.8 Å². The van der Waals surface area contributed by atoms with Crippen molar-refractivity contribution in [1.82, 2.24) is 0 Å². The number of benzene rings is 1. The molecule has 198 valence electrons. The average molecular weight is 509 g/mol. The van der Waals surface area contributed by atoms with Gasteiger partial charge in [0, 0.05) is 14.5 Å². The Balaban J connectivity index is 3.05. The van der Waals surface area contributed by atoms with Crippen LogP contribution in [0, 0.1) is 0 Å². The van der Waals surface area contributed by atoms with E-state index in [4.69, 9.17) is 0 Å². The highest BCUT2D eigenvalue weighted by molar-refractivity contribution is 7.75. The van der Waals surface area contributed by atoms with Crippen LogP contribution in [0.5, 0.6) is 0 Å². The Labute approximate surface area is 217 Å². The summed E-state index contributed by atoms with van der Waals surface area (Å²) in [5.41, 5.74) is 3.31. The number of unbranched alkanes of at least 4 members (excludes halogenated alkanes) is 6. The third kappa shape index (κ3) is 12.4. The van der Waals surface area contributed by atoms with E-state index in [-0.39, 0.29) is 0 Å². The third-order valence-electron chi connectivity index (χ3n) is 7.97. The van der Waals surface area contributed by atoms with Crippen LogP contribution in [0.4, 0.5) is 0 Å². The van der Waals surface area contributed by atoms with Crippen LogP contribution in [0.25, 0.3) is 0 Å². The van der Waals surface area contributed by atoms with Crippen molar-refractivity contribution in [1.29, 1.82) is 0 Å². The summed E-state index contributed by atoms with van der Waals surface area (Å²) < 4.78 is 0. The molecular formula is C32H62P2+2. The van der Waals surface area contributed by atoms with Crippen molar-refractivity contribution in [3.63, 3.8) is 0 Å². The summed E-state index contributed by atoms with van der Waals surface area (Å²) in [5.74, 6) is 0. The van der Waals surface area contributed by atoms with Gasteiger partial charge in [0.1, 0.15) is 0 Å². The molecule has 0 amide bonds. The largest absolute Gasteiger partial charge is 0.0842 e. The van der Waals surface area contributed by atoms with Crippen molar-refractivity contribution in [3.05, 3.63) is 35.4 Å². The Bertz CT molecular complexity index is 495. The fraction of sp³-hybridized carbons (Fsp3) is 0.812. The third-order valence-corrected chi connectivity index (χ3v) is 17.6. The highest BCUT2D eigenvalue weighted by Crippen LogP contribution is 2.64. The molecule has 0 aliphatic heterocycles. The molecule has 1 rings (SSSR count). The molecule has 0 heterocycles. The van der Waals surface area contributed by atoms with Crippen LogP contribution in [0.3, 0.4) is 0 Å². The molecule has 1 aromatic carbocycles. The molecule has 0 N–H and O–H groups in total. The van der Waals surface area contributed by atoms with Crippen molar-refractivity contribution < 1.29 is 0 Å². The molecule has 0 aromatic heterocycles. The number of hydrogen-bond acceptors (Lipinski definition) is 0. The molecule has 2 heteroatoms. The maximum Gasteiger partial charge on any atom is 0.0842 e. The summed E-state index contributed by atoms with van der Waals surface area (Å²) in [4.78, 5) is 0. The van der Waals surface area contributed by atoms with Gasteiger partial charge in [-0.1, -0.05) is 104 Å². The second kappa shape index (κ2) is 19.2. The first-order valence-electron chi connectivity index (χ1n) is 15.3. The Morgan fingerprint density at radius 1 is 0.382 bits per heavy atom. The van der Waals surface area contributed by atoms with Crippen molar-refractivity contribution >= 4 is 14.5 Å². The molecule has 0 saturated carbocycles. The first-order valence-corrected chi connectivity index (χ1v) is 20.4. The van der Waals surface area contributed by atoms with Crippen molar-refractivity contribution in [2.45, 2.75) is 131 Å². The van der Waals surface area contributed by atoms with Crippen LogP contribution in [0.2, 0.25) is 0 Å². The lowest BCUT2D eigenvalue weighted by atomic mass is 10.2. The lowest BCUT2D eigenvalue weighted by Crippen LogP contribution is -2.12. The predicted octanol–water partition coefficient (Wildman–Crippen LogP) is 11.5. The topological polar surface area (TPSA) is 0 Å². The summed E-state index contributed by atoms with van der Waals surface area (Å²) in [5, 5.41) is 0. The minimum absolute atomic E-state index is 0.861. The van der Waals surface area contributed by atoms with E-state index in [1.807, 2.05) is 0 Å². The first-order chi connectivity index (χ1) is 16.5. The molecule has 34 heavy (non-hydrogen) atoms. The monoisotopic (exact) mass is 508 g/mol. The standard InChI is InChI=1S/C32H62P2/c1-7-13-23-33(24-14-8-2,25-15-9-3)29-31-19-21-32(22-20-31)30-34(26-16-10-4,27-17-11-5)28-18-12-6/h19-22H,7-18,23-30H2,1-6H3/q+2. The van der Waals surface area contributed by atoms with Crippen LogP contribution < -0.4 is 0 Å². The fourth-order valence-corrected chi connectivity index (χ4v) is 15.8. The Hall–Kier alpha value is 0.0800. The zero-order valence-electron chi connectivity index (χ0n) is 24.3. The van der Waals surface area contributed by atoms with Gasteiger partial charge in [0.2, 0.25) is 0 Å². The average Bonchev–Trinajstić information content (AvgIpc) is 2.86. The number of rotatable bonds is 22. The molecule has 0 bridgehead atoms. The summed E-state index contributed by atoms with van der Waals surface area (Å²) in [6.07, 6.45) is 28.8. The zero-order valence-corrected chi connectivity index (χ0v) is 26.1. The highest BCUT2D eigenvalue weighted by atomic mass is 31.2. The smallest absolute Gasteiger partial charge is 0.0652 e. The minimum atomic E-state index is -0.861. The second-order valence-electron chi connectivity index (χ2n) is 11.3. The Morgan fingerprint density at radius 2 is 0.588 bits per heavy atom. The molecule has 1 aromatic rings. The Morgan fingerprint density at radius 3 is 0.765 bits per heavy atom. The van der Waals surface area contributed by atoms with Gasteiger partial charge < -0.3 is 0 Å². The SMILES string of the molecule is CCCC[P+](CCCC)(CCCC)Cc1ccc(C[P+](CCCC)(CCCC)CCCC)cc1. The maximum atomic E-state index is 2.56. The van der Waals surface area contributed by atoms with Gasteiger partial charge in [-0.2, -0.15) is 0 Å². The molecule has 0 nitrogen and oxygen atoms in total. The van der Waals surface area contributed by atoms with Crippen molar-refractivity contribution in [2.75, 3.05) is 37.0 Å². The quantitative estimate of drug-likeness (QED) is 0.137. The van der Waals surface area contributed by atoms with Crippen molar-refractivity contribution in [3.8, 4) is 0 Å². The predicted molar refractivity (Wildman–Crippen MR) is 166 cm³/mol. The summed E-state index contributed by atoms with van der Waals surface area (Å²) in [6, 6.07) is 10.2. The zero-order chi connectivity index (χ0) is 25.1. The summed E-state index contributed by atoms with van der Waals surface area (Å²) >= 11 is 0. The minimum Gasteiger partial charge on any atom is -0.0652 e. The van der Waals surface area contributed by atoms with Gasteiger partial charge >= 0.3 is 0 Å². The van der Waals surface area contributed by atoms with Crippen LogP contribution in [-0.2, 0) is 12.3 Å². The lowest BCUT2D eigenvalue weighted by molar-refractivity contribution is 0.831. The molecule has 0 saturated heterocycles. The molecule has 0 unspecified atom stereocenters. The lowest BCUT2D eigenvalue weighted by Gasteiger charge is -2.29.